The number of hydrogen-bond acceptors (Lipinski definition) is 5. The van der Waals surface area contributed by atoms with Crippen LogP contribution in [0, 0.1) is 6.92 Å². The van der Waals surface area contributed by atoms with Crippen molar-refractivity contribution in [3.63, 3.8) is 0 Å². The summed E-state index contributed by atoms with van der Waals surface area (Å²) in [5.41, 5.74) is 10.2. The van der Waals surface area contributed by atoms with Crippen LogP contribution in [0.25, 0.3) is 5.70 Å². The SMILES string of the molecule is C=C(C)C(=O)Nc1cc(/C(=C\C)NCCN2CCCCC2(C)C)cnc1C.C=C=C(C)/C=C(\C=C/C=C)C(/C=C)=C/N(C)C.CC.[HH].[HH]. The zero-order valence-electron chi connectivity index (χ0n) is 30.5. The standard InChI is InChI=1S/C22H34N4O.C16H21N.C2H6.2H2/c1-7-19(23-11-13-26-12-9-8-10-22(26,5)6)18-14-20(17(4)24-15-18)25-21(27)16(2)3;1-7-10-11-16(12-14(4)8-2)15(9-3)13-17(5)6;1-2;;/h7,14-15,23H,2,8-13H2,1,3-6H3,(H,25,27);7,9-13H,1-3H2,4-6H3;1-2H3;2*1H/b19-7+;11-10-,15-13+,16-12+;;;. The van der Waals surface area contributed by atoms with Gasteiger partial charge in [0.2, 0.25) is 0 Å². The minimum absolute atomic E-state index is 0. The van der Waals surface area contributed by atoms with Crippen LogP contribution in [-0.2, 0) is 4.79 Å². The fourth-order valence-electron chi connectivity index (χ4n) is 4.67. The molecule has 6 heteroatoms. The highest BCUT2D eigenvalue weighted by molar-refractivity contribution is 6.03. The third kappa shape index (κ3) is 15.2. The Labute approximate surface area is 284 Å². The molecule has 0 radical (unpaired) electrons. The summed E-state index contributed by atoms with van der Waals surface area (Å²) in [6.45, 7) is 34.1. The molecule has 0 bridgehead atoms. The zero-order chi connectivity index (χ0) is 35.3. The van der Waals surface area contributed by atoms with Crippen molar-refractivity contribution in [1.29, 1.82) is 0 Å². The lowest BCUT2D eigenvalue weighted by atomic mass is 9.90. The van der Waals surface area contributed by atoms with Gasteiger partial charge in [0.25, 0.3) is 5.91 Å². The first-order valence-electron chi connectivity index (χ1n) is 16.3. The molecular weight excluding hydrogens is 566 g/mol. The monoisotopic (exact) mass is 632 g/mol. The highest BCUT2D eigenvalue weighted by Gasteiger charge is 2.28. The van der Waals surface area contributed by atoms with E-state index in [9.17, 15) is 4.79 Å². The molecule has 1 aromatic heterocycles. The minimum atomic E-state index is -0.181. The number of carbonyl (C=O) groups is 1. The second-order valence-corrected chi connectivity index (χ2v) is 11.8. The zero-order valence-corrected chi connectivity index (χ0v) is 30.5. The highest BCUT2D eigenvalue weighted by Crippen LogP contribution is 2.27. The molecule has 0 aliphatic carbocycles. The number of anilines is 1. The Hall–Kier alpha value is -4.12. The second-order valence-electron chi connectivity index (χ2n) is 11.8. The van der Waals surface area contributed by atoms with Gasteiger partial charge in [0, 0.05) is 64.8 Å². The largest absolute Gasteiger partial charge is 0.383 e. The van der Waals surface area contributed by atoms with E-state index in [0.29, 0.717) is 5.57 Å². The molecule has 0 saturated carbocycles. The summed E-state index contributed by atoms with van der Waals surface area (Å²) in [7, 11) is 3.96. The van der Waals surface area contributed by atoms with E-state index in [1.165, 1.54) is 25.8 Å². The average molecular weight is 632 g/mol. The molecule has 0 atom stereocenters. The summed E-state index contributed by atoms with van der Waals surface area (Å²) in [4.78, 5) is 21.0. The molecular formula is C40H65N5O. The number of nitrogens with one attached hydrogen (secondary N) is 2. The molecule has 2 heterocycles. The van der Waals surface area contributed by atoms with Gasteiger partial charge in [-0.05, 0) is 89.8 Å². The van der Waals surface area contributed by atoms with Crippen molar-refractivity contribution in [3.05, 3.63) is 121 Å². The average Bonchev–Trinajstić information content (AvgIpc) is 3.03. The quantitative estimate of drug-likeness (QED) is 0.129. The molecule has 2 rings (SSSR count). The van der Waals surface area contributed by atoms with Gasteiger partial charge in [0.1, 0.15) is 0 Å². The summed E-state index contributed by atoms with van der Waals surface area (Å²) >= 11 is 0. The third-order valence-corrected chi connectivity index (χ3v) is 7.36. The van der Waals surface area contributed by atoms with Crippen LogP contribution in [0.5, 0.6) is 0 Å². The summed E-state index contributed by atoms with van der Waals surface area (Å²) in [6.07, 6.45) is 19.3. The highest BCUT2D eigenvalue weighted by atomic mass is 16.1. The first-order valence-corrected chi connectivity index (χ1v) is 16.3. The van der Waals surface area contributed by atoms with E-state index < -0.39 is 0 Å². The van der Waals surface area contributed by atoms with Crippen LogP contribution in [0.3, 0.4) is 0 Å². The molecule has 0 spiro atoms. The Balaban J connectivity index is -0.000000842. The molecule has 1 aliphatic rings. The Morgan fingerprint density at radius 1 is 1.20 bits per heavy atom. The third-order valence-electron chi connectivity index (χ3n) is 7.36. The topological polar surface area (TPSA) is 60.5 Å². The number of rotatable bonds is 13. The fourth-order valence-corrected chi connectivity index (χ4v) is 4.67. The maximum Gasteiger partial charge on any atom is 0.250 e. The molecule has 0 unspecified atom stereocenters. The van der Waals surface area contributed by atoms with Gasteiger partial charge in [-0.15, -0.1) is 5.73 Å². The molecule has 2 N–H and O–H groups in total. The molecule has 256 valence electrons. The van der Waals surface area contributed by atoms with E-state index in [1.54, 1.807) is 13.0 Å². The number of nitrogens with zero attached hydrogens (tertiary/aromatic N) is 3. The van der Waals surface area contributed by atoms with Crippen molar-refractivity contribution >= 4 is 17.3 Å². The Bertz CT molecular complexity index is 1350. The Morgan fingerprint density at radius 3 is 2.39 bits per heavy atom. The molecule has 6 nitrogen and oxygen atoms in total. The van der Waals surface area contributed by atoms with Crippen LogP contribution >= 0.6 is 0 Å². The van der Waals surface area contributed by atoms with Gasteiger partial charge in [0.15, 0.2) is 0 Å². The molecule has 1 amide bonds. The van der Waals surface area contributed by atoms with E-state index in [2.05, 4.69) is 72.5 Å². The van der Waals surface area contributed by atoms with Crippen LogP contribution in [-0.4, -0.2) is 60.0 Å². The Morgan fingerprint density at radius 2 is 1.87 bits per heavy atom. The summed E-state index contributed by atoms with van der Waals surface area (Å²) in [5.74, 6) is -0.181. The van der Waals surface area contributed by atoms with Crippen molar-refractivity contribution in [3.8, 4) is 0 Å². The first-order chi connectivity index (χ1) is 21.8. The van der Waals surface area contributed by atoms with E-state index in [0.717, 1.165) is 52.5 Å². The number of allylic oxidation sites excluding steroid dienone is 9. The van der Waals surface area contributed by atoms with Crippen molar-refractivity contribution in [2.75, 3.05) is 39.0 Å². The summed E-state index contributed by atoms with van der Waals surface area (Å²) < 4.78 is 0. The van der Waals surface area contributed by atoms with Gasteiger partial charge in [0.05, 0.1) is 11.4 Å². The first kappa shape index (κ1) is 41.9. The van der Waals surface area contributed by atoms with Gasteiger partial charge in [-0.25, -0.2) is 0 Å². The number of carbonyl (C=O) groups excluding carboxylic acids is 1. The maximum atomic E-state index is 11.9. The maximum absolute atomic E-state index is 11.9. The lowest BCUT2D eigenvalue weighted by Crippen LogP contribution is -2.49. The van der Waals surface area contributed by atoms with Crippen LogP contribution in [0.4, 0.5) is 5.69 Å². The van der Waals surface area contributed by atoms with Crippen LogP contribution in [0.1, 0.15) is 81.8 Å². The normalized spacial score (nSPS) is 14.9. The molecule has 1 aliphatic heterocycles. The van der Waals surface area contributed by atoms with Crippen LogP contribution < -0.4 is 10.6 Å². The minimum Gasteiger partial charge on any atom is -0.383 e. The van der Waals surface area contributed by atoms with Gasteiger partial charge in [-0.2, -0.15) is 0 Å². The molecule has 0 aromatic carbocycles. The summed E-state index contributed by atoms with van der Waals surface area (Å²) in [6, 6.07) is 1.97. The van der Waals surface area contributed by atoms with Gasteiger partial charge >= 0.3 is 0 Å². The lowest BCUT2D eigenvalue weighted by molar-refractivity contribution is -0.112. The number of pyridine rings is 1. The molecule has 1 fully saturated rings. The van der Waals surface area contributed by atoms with Crippen LogP contribution in [0.2, 0.25) is 0 Å². The lowest BCUT2D eigenvalue weighted by Gasteiger charge is -2.42. The van der Waals surface area contributed by atoms with Crippen molar-refractivity contribution < 1.29 is 7.65 Å². The fraction of sp³-hybridized carbons (Fsp3) is 0.425. The molecule has 1 saturated heterocycles. The Kier molecular flexibility index (Phi) is 20.4. The predicted octanol–water partition coefficient (Wildman–Crippen LogP) is 9.66. The van der Waals surface area contributed by atoms with E-state index in [4.69, 9.17) is 0 Å². The number of hydrogen-bond donors (Lipinski definition) is 2. The van der Waals surface area contributed by atoms with Crippen molar-refractivity contribution in [1.82, 2.24) is 20.1 Å². The number of amides is 1. The van der Waals surface area contributed by atoms with E-state index in [-0.39, 0.29) is 14.3 Å². The van der Waals surface area contributed by atoms with E-state index in [1.807, 2.05) is 96.4 Å². The predicted molar refractivity (Wildman–Crippen MR) is 207 cm³/mol. The van der Waals surface area contributed by atoms with Crippen LogP contribution in [0.15, 0.2) is 109 Å². The van der Waals surface area contributed by atoms with Crippen molar-refractivity contribution in [2.24, 2.45) is 0 Å². The van der Waals surface area contributed by atoms with Gasteiger partial charge in [-0.1, -0.05) is 77.0 Å². The smallest absolute Gasteiger partial charge is 0.250 e. The second kappa shape index (κ2) is 22.4. The number of likely N-dealkylation sites (tertiary alicyclic amines) is 1. The number of aryl methyl sites for hydroxylation is 1. The van der Waals surface area contributed by atoms with Gasteiger partial charge in [-0.3, -0.25) is 14.7 Å². The number of piperidine rings is 1. The van der Waals surface area contributed by atoms with E-state index >= 15 is 0 Å². The summed E-state index contributed by atoms with van der Waals surface area (Å²) in [5, 5.41) is 6.43. The number of aromatic nitrogens is 1. The molecule has 1 aromatic rings. The molecule has 46 heavy (non-hydrogen) atoms. The van der Waals surface area contributed by atoms with Crippen molar-refractivity contribution in [2.45, 2.75) is 80.2 Å². The van der Waals surface area contributed by atoms with Gasteiger partial charge < -0.3 is 15.5 Å².